The van der Waals surface area contributed by atoms with Gasteiger partial charge in [0.15, 0.2) is 17.3 Å². The van der Waals surface area contributed by atoms with Gasteiger partial charge in [0.2, 0.25) is 6.10 Å². The van der Waals surface area contributed by atoms with Gasteiger partial charge in [-0.15, -0.1) is 0 Å². The van der Waals surface area contributed by atoms with Crippen LogP contribution in [0.2, 0.25) is 0 Å². The molecule has 1 amide bonds. The van der Waals surface area contributed by atoms with Crippen LogP contribution in [0.3, 0.4) is 0 Å². The average molecular weight is 350 g/mol. The van der Waals surface area contributed by atoms with Crippen molar-refractivity contribution >= 4 is 5.91 Å². The second-order valence-electron chi connectivity index (χ2n) is 6.00. The summed E-state index contributed by atoms with van der Waals surface area (Å²) in [5.74, 6) is 1.71. The Morgan fingerprint density at radius 2 is 1.96 bits per heavy atom. The van der Waals surface area contributed by atoms with Gasteiger partial charge in [-0.1, -0.05) is 12.1 Å². The number of pyridine rings is 1. The first-order valence-corrected chi connectivity index (χ1v) is 8.36. The van der Waals surface area contributed by atoms with Gasteiger partial charge in [-0.25, -0.2) is 9.67 Å². The molecule has 3 heterocycles. The fourth-order valence-electron chi connectivity index (χ4n) is 2.80. The maximum atomic E-state index is 12.6. The van der Waals surface area contributed by atoms with Gasteiger partial charge in [0, 0.05) is 25.1 Å². The van der Waals surface area contributed by atoms with Crippen LogP contribution in [0.25, 0.3) is 5.82 Å². The minimum Gasteiger partial charge on any atom is -0.482 e. The van der Waals surface area contributed by atoms with E-state index in [-0.39, 0.29) is 12.0 Å². The molecule has 0 saturated heterocycles. The van der Waals surface area contributed by atoms with Gasteiger partial charge in [-0.2, -0.15) is 5.10 Å². The molecular weight excluding hydrogens is 332 g/mol. The Morgan fingerprint density at radius 3 is 2.73 bits per heavy atom. The van der Waals surface area contributed by atoms with E-state index in [1.807, 2.05) is 49.5 Å². The minimum atomic E-state index is -0.697. The van der Waals surface area contributed by atoms with Gasteiger partial charge in [-0.05, 0) is 42.8 Å². The molecule has 132 valence electrons. The molecule has 26 heavy (non-hydrogen) atoms. The largest absolute Gasteiger partial charge is 0.482 e. The number of rotatable bonds is 4. The van der Waals surface area contributed by atoms with Crippen molar-refractivity contribution in [3.05, 3.63) is 66.6 Å². The van der Waals surface area contributed by atoms with Crippen LogP contribution >= 0.6 is 0 Å². The number of para-hydroxylation sites is 2. The molecule has 7 heteroatoms. The van der Waals surface area contributed by atoms with Crippen molar-refractivity contribution in [1.29, 1.82) is 0 Å². The molecule has 0 radical (unpaired) electrons. The molecular formula is C19H18N4O3. The number of aromatic nitrogens is 3. The molecule has 0 unspecified atom stereocenters. The van der Waals surface area contributed by atoms with E-state index in [0.29, 0.717) is 23.9 Å². The fourth-order valence-corrected chi connectivity index (χ4v) is 2.80. The molecule has 7 nitrogen and oxygen atoms in total. The lowest BCUT2D eigenvalue weighted by Crippen LogP contribution is -2.48. The van der Waals surface area contributed by atoms with Crippen LogP contribution in [0.1, 0.15) is 12.5 Å². The average Bonchev–Trinajstić information content (AvgIpc) is 3.20. The minimum absolute atomic E-state index is 0.218. The topological polar surface area (TPSA) is 78.3 Å². The number of nitrogens with zero attached hydrogens (tertiary/aromatic N) is 3. The first kappa shape index (κ1) is 16.1. The van der Waals surface area contributed by atoms with Crippen molar-refractivity contribution in [2.24, 2.45) is 0 Å². The fraction of sp³-hybridized carbons (Fsp3) is 0.211. The SMILES string of the molecule is C[C@H]1Oc2ccccc2O[C@@H]1C(=O)NCc1ccnc(-n2cccn2)c1. The van der Waals surface area contributed by atoms with E-state index in [1.165, 1.54) is 0 Å². The van der Waals surface area contributed by atoms with Crippen LogP contribution in [0.4, 0.5) is 0 Å². The van der Waals surface area contributed by atoms with E-state index < -0.39 is 6.10 Å². The van der Waals surface area contributed by atoms with Gasteiger partial charge in [0.25, 0.3) is 5.91 Å². The predicted octanol–water partition coefficient (Wildman–Crippen LogP) is 2.11. The van der Waals surface area contributed by atoms with Crippen LogP contribution in [-0.2, 0) is 11.3 Å². The molecule has 4 rings (SSSR count). The van der Waals surface area contributed by atoms with E-state index in [4.69, 9.17) is 9.47 Å². The van der Waals surface area contributed by atoms with E-state index >= 15 is 0 Å². The molecule has 1 aliphatic rings. The summed E-state index contributed by atoms with van der Waals surface area (Å²) >= 11 is 0. The molecule has 0 bridgehead atoms. The molecule has 0 aliphatic carbocycles. The molecule has 3 aromatic rings. The van der Waals surface area contributed by atoms with Gasteiger partial charge in [-0.3, -0.25) is 4.79 Å². The monoisotopic (exact) mass is 350 g/mol. The van der Waals surface area contributed by atoms with Crippen molar-refractivity contribution in [3.8, 4) is 17.3 Å². The number of hydrogen-bond acceptors (Lipinski definition) is 5. The molecule has 2 atom stereocenters. The number of benzene rings is 1. The third-order valence-electron chi connectivity index (χ3n) is 4.12. The van der Waals surface area contributed by atoms with Gasteiger partial charge in [0.05, 0.1) is 0 Å². The number of fused-ring (bicyclic) bond motifs is 1. The maximum Gasteiger partial charge on any atom is 0.265 e. The number of amides is 1. The number of nitrogens with one attached hydrogen (secondary N) is 1. The number of carbonyl (C=O) groups is 1. The Kier molecular flexibility index (Phi) is 4.27. The Balaban J connectivity index is 1.42. The van der Waals surface area contributed by atoms with E-state index in [2.05, 4.69) is 15.4 Å². The third kappa shape index (κ3) is 3.23. The van der Waals surface area contributed by atoms with E-state index in [9.17, 15) is 4.79 Å². The highest BCUT2D eigenvalue weighted by molar-refractivity contribution is 5.82. The highest BCUT2D eigenvalue weighted by Gasteiger charge is 2.33. The smallest absolute Gasteiger partial charge is 0.265 e. The zero-order valence-corrected chi connectivity index (χ0v) is 14.2. The van der Waals surface area contributed by atoms with Crippen molar-refractivity contribution in [3.63, 3.8) is 0 Å². The first-order valence-electron chi connectivity index (χ1n) is 8.36. The maximum absolute atomic E-state index is 12.6. The van der Waals surface area contributed by atoms with Crippen molar-refractivity contribution < 1.29 is 14.3 Å². The summed E-state index contributed by atoms with van der Waals surface area (Å²) in [7, 11) is 0. The second kappa shape index (κ2) is 6.87. The molecule has 1 aliphatic heterocycles. The number of carbonyl (C=O) groups excluding carboxylic acids is 1. The molecule has 0 saturated carbocycles. The summed E-state index contributed by atoms with van der Waals surface area (Å²) in [6.45, 7) is 2.19. The lowest BCUT2D eigenvalue weighted by molar-refractivity contribution is -0.133. The van der Waals surface area contributed by atoms with Crippen LogP contribution in [0.5, 0.6) is 11.5 Å². The van der Waals surface area contributed by atoms with Gasteiger partial charge in [0.1, 0.15) is 6.10 Å². The van der Waals surface area contributed by atoms with Crippen molar-refractivity contribution in [1.82, 2.24) is 20.1 Å². The lowest BCUT2D eigenvalue weighted by Gasteiger charge is -2.31. The van der Waals surface area contributed by atoms with Crippen LogP contribution in [0, 0.1) is 0 Å². The summed E-state index contributed by atoms with van der Waals surface area (Å²) in [5.41, 5.74) is 0.920. The van der Waals surface area contributed by atoms with Gasteiger partial charge < -0.3 is 14.8 Å². The summed E-state index contributed by atoms with van der Waals surface area (Å²) < 4.78 is 13.3. The highest BCUT2D eigenvalue weighted by Crippen LogP contribution is 2.33. The Bertz CT molecular complexity index is 911. The zero-order valence-electron chi connectivity index (χ0n) is 14.2. The standard InChI is InChI=1S/C19H18N4O3/c1-13-18(26-16-6-3-2-5-15(16)25-13)19(24)21-12-14-7-9-20-17(11-14)23-10-4-8-22-23/h2-11,13,18H,12H2,1H3,(H,21,24)/t13-,18+/m1/s1. The molecule has 1 N–H and O–H groups in total. The van der Waals surface area contributed by atoms with Gasteiger partial charge >= 0.3 is 0 Å². The molecule has 0 spiro atoms. The summed E-state index contributed by atoms with van der Waals surface area (Å²) in [5, 5.41) is 7.06. The van der Waals surface area contributed by atoms with Crippen LogP contribution in [-0.4, -0.2) is 32.9 Å². The predicted molar refractivity (Wildman–Crippen MR) is 94.2 cm³/mol. The van der Waals surface area contributed by atoms with Crippen molar-refractivity contribution in [2.45, 2.75) is 25.7 Å². The van der Waals surface area contributed by atoms with Crippen molar-refractivity contribution in [2.75, 3.05) is 0 Å². The first-order chi connectivity index (χ1) is 12.7. The molecule has 0 fully saturated rings. The van der Waals surface area contributed by atoms with E-state index in [0.717, 1.165) is 5.56 Å². The summed E-state index contributed by atoms with van der Waals surface area (Å²) in [6, 6.07) is 12.9. The van der Waals surface area contributed by atoms with E-state index in [1.54, 1.807) is 23.1 Å². The second-order valence-corrected chi connectivity index (χ2v) is 6.00. The Labute approximate surface area is 150 Å². The lowest BCUT2D eigenvalue weighted by atomic mass is 10.1. The summed E-state index contributed by atoms with van der Waals surface area (Å²) in [6.07, 6.45) is 4.13. The molecule has 2 aromatic heterocycles. The highest BCUT2D eigenvalue weighted by atomic mass is 16.6. The normalized spacial score (nSPS) is 18.3. The quantitative estimate of drug-likeness (QED) is 0.780. The molecule has 1 aromatic carbocycles. The Hall–Kier alpha value is -3.35. The number of ether oxygens (including phenoxy) is 2. The van der Waals surface area contributed by atoms with Crippen LogP contribution in [0.15, 0.2) is 61.1 Å². The third-order valence-corrected chi connectivity index (χ3v) is 4.12. The van der Waals surface area contributed by atoms with Crippen LogP contribution < -0.4 is 14.8 Å². The number of hydrogen-bond donors (Lipinski definition) is 1. The summed E-state index contributed by atoms with van der Waals surface area (Å²) in [4.78, 5) is 16.8. The Morgan fingerprint density at radius 1 is 1.15 bits per heavy atom. The zero-order chi connectivity index (χ0) is 17.9.